The molecule has 0 aliphatic carbocycles. The maximum absolute atomic E-state index is 11.7. The number of rotatable bonds is 2. The fourth-order valence-electron chi connectivity index (χ4n) is 2.23. The van der Waals surface area contributed by atoms with E-state index in [0.29, 0.717) is 16.6 Å². The van der Waals surface area contributed by atoms with Crippen LogP contribution in [0, 0.1) is 13.8 Å². The van der Waals surface area contributed by atoms with E-state index < -0.39 is 11.8 Å². The Balaban J connectivity index is 2.90. The van der Waals surface area contributed by atoms with Crippen molar-refractivity contribution < 1.29 is 14.7 Å². The summed E-state index contributed by atoms with van der Waals surface area (Å²) >= 11 is 0. The molecule has 88 valence electrons. The van der Waals surface area contributed by atoms with Crippen LogP contribution in [0.1, 0.15) is 21.6 Å². The standard InChI is InChI=1S/C13H13NO3/c1-7-5-4-6-9-10(12(15)13(16)17)8(2)14(3)11(7)9/h4-6H,1-3H3,(H,16,17). The van der Waals surface area contributed by atoms with Gasteiger partial charge in [-0.25, -0.2) is 4.79 Å². The van der Waals surface area contributed by atoms with Crippen LogP contribution in [0.25, 0.3) is 10.9 Å². The first-order valence-electron chi connectivity index (χ1n) is 5.27. The van der Waals surface area contributed by atoms with E-state index in [4.69, 9.17) is 5.11 Å². The Morgan fingerprint density at radius 3 is 2.47 bits per heavy atom. The second-order valence-electron chi connectivity index (χ2n) is 4.12. The van der Waals surface area contributed by atoms with Gasteiger partial charge < -0.3 is 9.67 Å². The zero-order chi connectivity index (χ0) is 12.7. The fraction of sp³-hybridized carbons (Fsp3) is 0.231. The fourth-order valence-corrected chi connectivity index (χ4v) is 2.23. The Bertz CT molecular complexity index is 638. The minimum Gasteiger partial charge on any atom is -0.475 e. The van der Waals surface area contributed by atoms with E-state index in [2.05, 4.69) is 0 Å². The molecule has 0 unspecified atom stereocenters. The molecular weight excluding hydrogens is 218 g/mol. The molecular formula is C13H13NO3. The molecule has 4 nitrogen and oxygen atoms in total. The number of aliphatic carboxylic acids is 1. The number of fused-ring (bicyclic) bond motifs is 1. The van der Waals surface area contributed by atoms with E-state index in [1.54, 1.807) is 13.0 Å². The molecule has 0 atom stereocenters. The van der Waals surface area contributed by atoms with Crippen molar-refractivity contribution in [1.82, 2.24) is 4.57 Å². The molecule has 0 aliphatic heterocycles. The predicted molar refractivity (Wildman–Crippen MR) is 64.4 cm³/mol. The average molecular weight is 231 g/mol. The zero-order valence-corrected chi connectivity index (χ0v) is 9.94. The molecule has 0 bridgehead atoms. The number of aryl methyl sites for hydroxylation is 2. The number of carboxylic acid groups (broad SMARTS) is 1. The third-order valence-corrected chi connectivity index (χ3v) is 3.13. The van der Waals surface area contributed by atoms with Crippen LogP contribution in [0.15, 0.2) is 18.2 Å². The third-order valence-electron chi connectivity index (χ3n) is 3.13. The Hall–Kier alpha value is -2.10. The van der Waals surface area contributed by atoms with Crippen LogP contribution < -0.4 is 0 Å². The number of Topliss-reactive ketones (excluding diaryl/α,β-unsaturated/α-hetero) is 1. The van der Waals surface area contributed by atoms with Crippen molar-refractivity contribution in [3.63, 3.8) is 0 Å². The summed E-state index contributed by atoms with van der Waals surface area (Å²) in [4.78, 5) is 22.5. The topological polar surface area (TPSA) is 59.3 Å². The minimum atomic E-state index is -1.41. The van der Waals surface area contributed by atoms with Gasteiger partial charge in [0.2, 0.25) is 0 Å². The summed E-state index contributed by atoms with van der Waals surface area (Å²) in [6.45, 7) is 3.70. The minimum absolute atomic E-state index is 0.290. The van der Waals surface area contributed by atoms with Gasteiger partial charge in [-0.2, -0.15) is 0 Å². The Labute approximate surface area is 98.5 Å². The zero-order valence-electron chi connectivity index (χ0n) is 9.94. The number of hydrogen-bond acceptors (Lipinski definition) is 2. The molecule has 0 saturated carbocycles. The van der Waals surface area contributed by atoms with Gasteiger partial charge in [-0.3, -0.25) is 4.79 Å². The quantitative estimate of drug-likeness (QED) is 0.635. The molecule has 4 heteroatoms. The van der Waals surface area contributed by atoms with Crippen LogP contribution in [0.2, 0.25) is 0 Å². The molecule has 0 fully saturated rings. The molecule has 1 N–H and O–H groups in total. The maximum atomic E-state index is 11.7. The maximum Gasteiger partial charge on any atom is 0.377 e. The van der Waals surface area contributed by atoms with Crippen LogP contribution >= 0.6 is 0 Å². The Morgan fingerprint density at radius 1 is 1.24 bits per heavy atom. The Kier molecular flexibility index (Phi) is 2.50. The number of para-hydroxylation sites is 1. The SMILES string of the molecule is Cc1cccc2c(C(=O)C(=O)O)c(C)n(C)c12. The van der Waals surface area contributed by atoms with Gasteiger partial charge in [-0.15, -0.1) is 0 Å². The van der Waals surface area contributed by atoms with Gasteiger partial charge in [0, 0.05) is 18.1 Å². The first kappa shape index (κ1) is 11.4. The van der Waals surface area contributed by atoms with Crippen molar-refractivity contribution in [1.29, 1.82) is 0 Å². The lowest BCUT2D eigenvalue weighted by atomic mass is 10.1. The van der Waals surface area contributed by atoms with Crippen molar-refractivity contribution in [2.45, 2.75) is 13.8 Å². The van der Waals surface area contributed by atoms with E-state index in [0.717, 1.165) is 11.1 Å². The number of carbonyl (C=O) groups is 2. The smallest absolute Gasteiger partial charge is 0.377 e. The van der Waals surface area contributed by atoms with Gasteiger partial charge >= 0.3 is 5.97 Å². The number of carbonyl (C=O) groups excluding carboxylic acids is 1. The molecule has 1 aromatic carbocycles. The average Bonchev–Trinajstić information content (AvgIpc) is 2.52. The van der Waals surface area contributed by atoms with Crippen molar-refractivity contribution in [3.05, 3.63) is 35.0 Å². The molecule has 0 aliphatic rings. The largest absolute Gasteiger partial charge is 0.475 e. The van der Waals surface area contributed by atoms with E-state index in [1.165, 1.54) is 0 Å². The summed E-state index contributed by atoms with van der Waals surface area (Å²) < 4.78 is 1.86. The highest BCUT2D eigenvalue weighted by molar-refractivity contribution is 6.42. The number of nitrogens with zero attached hydrogens (tertiary/aromatic N) is 1. The molecule has 0 saturated heterocycles. The molecule has 2 rings (SSSR count). The summed E-state index contributed by atoms with van der Waals surface area (Å²) in [5.41, 5.74) is 2.91. The summed E-state index contributed by atoms with van der Waals surface area (Å²) in [5, 5.41) is 9.55. The van der Waals surface area contributed by atoms with Gasteiger partial charge in [0.1, 0.15) is 0 Å². The third kappa shape index (κ3) is 1.53. The molecule has 0 amide bonds. The van der Waals surface area contributed by atoms with E-state index in [9.17, 15) is 9.59 Å². The van der Waals surface area contributed by atoms with Gasteiger partial charge in [-0.1, -0.05) is 18.2 Å². The summed E-state index contributed by atoms with van der Waals surface area (Å²) in [6, 6.07) is 5.55. The van der Waals surface area contributed by atoms with Gasteiger partial charge in [0.25, 0.3) is 5.78 Å². The highest BCUT2D eigenvalue weighted by Gasteiger charge is 2.23. The normalized spacial score (nSPS) is 10.8. The number of hydrogen-bond donors (Lipinski definition) is 1. The highest BCUT2D eigenvalue weighted by Crippen LogP contribution is 2.27. The lowest BCUT2D eigenvalue weighted by Crippen LogP contribution is -2.13. The predicted octanol–water partition coefficient (Wildman–Crippen LogP) is 2.06. The first-order valence-corrected chi connectivity index (χ1v) is 5.27. The van der Waals surface area contributed by atoms with Crippen LogP contribution in [0.4, 0.5) is 0 Å². The summed E-state index contributed by atoms with van der Waals surface area (Å²) in [5.74, 6) is -2.26. The number of aromatic nitrogens is 1. The van der Waals surface area contributed by atoms with Crippen LogP contribution in [0.3, 0.4) is 0 Å². The van der Waals surface area contributed by atoms with E-state index >= 15 is 0 Å². The number of benzene rings is 1. The lowest BCUT2D eigenvalue weighted by Gasteiger charge is -2.01. The molecule has 2 aromatic rings. The Morgan fingerprint density at radius 2 is 1.88 bits per heavy atom. The number of carboxylic acids is 1. The summed E-state index contributed by atoms with van der Waals surface area (Å²) in [7, 11) is 1.84. The van der Waals surface area contributed by atoms with Gasteiger partial charge in [0.05, 0.1) is 11.1 Å². The van der Waals surface area contributed by atoms with Crippen LogP contribution in [0.5, 0.6) is 0 Å². The van der Waals surface area contributed by atoms with Crippen LogP contribution in [-0.2, 0) is 11.8 Å². The number of ketones is 1. The highest BCUT2D eigenvalue weighted by atomic mass is 16.4. The van der Waals surface area contributed by atoms with Gasteiger partial charge in [0.15, 0.2) is 0 Å². The molecule has 1 aromatic heterocycles. The van der Waals surface area contributed by atoms with Crippen molar-refractivity contribution in [3.8, 4) is 0 Å². The van der Waals surface area contributed by atoms with Crippen molar-refractivity contribution in [2.75, 3.05) is 0 Å². The second-order valence-corrected chi connectivity index (χ2v) is 4.12. The van der Waals surface area contributed by atoms with E-state index in [-0.39, 0.29) is 0 Å². The molecule has 1 heterocycles. The van der Waals surface area contributed by atoms with E-state index in [1.807, 2.05) is 30.7 Å². The summed E-state index contributed by atoms with van der Waals surface area (Å²) in [6.07, 6.45) is 0. The molecule has 17 heavy (non-hydrogen) atoms. The first-order chi connectivity index (χ1) is 7.95. The van der Waals surface area contributed by atoms with Crippen molar-refractivity contribution >= 4 is 22.7 Å². The molecule has 0 spiro atoms. The lowest BCUT2D eigenvalue weighted by molar-refractivity contribution is -0.131. The van der Waals surface area contributed by atoms with Crippen molar-refractivity contribution in [2.24, 2.45) is 7.05 Å². The second kappa shape index (κ2) is 3.73. The molecule has 0 radical (unpaired) electrons. The van der Waals surface area contributed by atoms with Crippen LogP contribution in [-0.4, -0.2) is 21.4 Å². The van der Waals surface area contributed by atoms with Gasteiger partial charge in [-0.05, 0) is 19.4 Å². The monoisotopic (exact) mass is 231 g/mol.